The Morgan fingerprint density at radius 2 is 1.50 bits per heavy atom. The van der Waals surface area contributed by atoms with Gasteiger partial charge in [0.1, 0.15) is 0 Å². The second-order valence-electron chi connectivity index (χ2n) is 6.52. The first kappa shape index (κ1) is 12.4. The molecule has 2 aliphatic carbocycles. The van der Waals surface area contributed by atoms with Gasteiger partial charge in [-0.2, -0.15) is 0 Å². The van der Waals surface area contributed by atoms with Gasteiger partial charge in [-0.15, -0.1) is 0 Å². The van der Waals surface area contributed by atoms with E-state index in [-0.39, 0.29) is 0 Å². The zero-order valence-corrected chi connectivity index (χ0v) is 11.3. The number of hydrogen-bond donors (Lipinski definition) is 1. The monoisotopic (exact) mass is 223 g/mol. The van der Waals surface area contributed by atoms with Crippen molar-refractivity contribution in [3.63, 3.8) is 0 Å². The van der Waals surface area contributed by atoms with Crippen LogP contribution in [0.15, 0.2) is 0 Å². The maximum atomic E-state index is 3.58. The molecule has 16 heavy (non-hydrogen) atoms. The molecule has 2 saturated carbocycles. The summed E-state index contributed by atoms with van der Waals surface area (Å²) in [6.07, 6.45) is 10.3. The van der Waals surface area contributed by atoms with Crippen molar-refractivity contribution in [2.45, 2.75) is 64.8 Å². The lowest BCUT2D eigenvalue weighted by molar-refractivity contribution is 0.108. The third-order valence-corrected chi connectivity index (χ3v) is 5.01. The molecular formula is C15H29N. The standard InChI is InChI=1S/C15H29N/c1-11-8-12(2)10-13(9-11)14-6-4-5-7-15(14)16-3/h11-16H,4-10H2,1-3H3. The van der Waals surface area contributed by atoms with Crippen LogP contribution in [-0.4, -0.2) is 13.1 Å². The lowest BCUT2D eigenvalue weighted by atomic mass is 9.66. The number of nitrogens with one attached hydrogen (secondary N) is 1. The fourth-order valence-electron chi connectivity index (χ4n) is 4.44. The summed E-state index contributed by atoms with van der Waals surface area (Å²) in [5.41, 5.74) is 0. The van der Waals surface area contributed by atoms with E-state index in [9.17, 15) is 0 Å². The molecular weight excluding hydrogens is 194 g/mol. The Kier molecular flexibility index (Phi) is 4.29. The zero-order chi connectivity index (χ0) is 11.5. The minimum absolute atomic E-state index is 0.816. The Morgan fingerprint density at radius 3 is 2.12 bits per heavy atom. The molecule has 0 amide bonds. The summed E-state index contributed by atoms with van der Waals surface area (Å²) in [5, 5.41) is 3.58. The summed E-state index contributed by atoms with van der Waals surface area (Å²) in [6, 6.07) is 0.816. The summed E-state index contributed by atoms with van der Waals surface area (Å²) >= 11 is 0. The van der Waals surface area contributed by atoms with E-state index >= 15 is 0 Å². The average molecular weight is 223 g/mol. The molecule has 1 nitrogen and oxygen atoms in total. The van der Waals surface area contributed by atoms with E-state index in [0.29, 0.717) is 0 Å². The molecule has 2 rings (SSSR count). The van der Waals surface area contributed by atoms with E-state index in [1.807, 2.05) is 0 Å². The minimum Gasteiger partial charge on any atom is -0.317 e. The molecule has 0 bridgehead atoms. The molecule has 0 radical (unpaired) electrons. The topological polar surface area (TPSA) is 12.0 Å². The highest BCUT2D eigenvalue weighted by Gasteiger charge is 2.34. The van der Waals surface area contributed by atoms with Crippen LogP contribution >= 0.6 is 0 Å². The van der Waals surface area contributed by atoms with Crippen LogP contribution in [0.1, 0.15) is 58.8 Å². The molecule has 0 aromatic rings. The van der Waals surface area contributed by atoms with E-state index < -0.39 is 0 Å². The molecule has 0 saturated heterocycles. The van der Waals surface area contributed by atoms with Crippen LogP contribution in [-0.2, 0) is 0 Å². The smallest absolute Gasteiger partial charge is 0.00949 e. The van der Waals surface area contributed by atoms with Gasteiger partial charge in [-0.05, 0) is 62.8 Å². The summed E-state index contributed by atoms with van der Waals surface area (Å²) in [6.45, 7) is 4.92. The molecule has 0 heterocycles. The molecule has 4 unspecified atom stereocenters. The van der Waals surface area contributed by atoms with Crippen LogP contribution < -0.4 is 5.32 Å². The van der Waals surface area contributed by atoms with Crippen molar-refractivity contribution >= 4 is 0 Å². The average Bonchev–Trinajstić information content (AvgIpc) is 2.27. The third kappa shape index (κ3) is 2.80. The summed E-state index contributed by atoms with van der Waals surface area (Å²) < 4.78 is 0. The van der Waals surface area contributed by atoms with Crippen LogP contribution in [0.4, 0.5) is 0 Å². The van der Waals surface area contributed by atoms with Crippen LogP contribution in [0, 0.1) is 23.7 Å². The van der Waals surface area contributed by atoms with Gasteiger partial charge < -0.3 is 5.32 Å². The van der Waals surface area contributed by atoms with Crippen molar-refractivity contribution < 1.29 is 0 Å². The van der Waals surface area contributed by atoms with Crippen molar-refractivity contribution in [1.29, 1.82) is 0 Å². The summed E-state index contributed by atoms with van der Waals surface area (Å²) in [5.74, 6) is 3.92. The van der Waals surface area contributed by atoms with Crippen molar-refractivity contribution in [2.75, 3.05) is 7.05 Å². The van der Waals surface area contributed by atoms with Crippen LogP contribution in [0.5, 0.6) is 0 Å². The highest BCUT2D eigenvalue weighted by Crippen LogP contribution is 2.42. The molecule has 0 aromatic carbocycles. The first-order valence-electron chi connectivity index (χ1n) is 7.38. The molecule has 94 valence electrons. The Balaban J connectivity index is 1.98. The lowest BCUT2D eigenvalue weighted by Gasteiger charge is -2.42. The normalized spacial score (nSPS) is 45.6. The molecule has 2 aliphatic rings. The first-order valence-corrected chi connectivity index (χ1v) is 7.38. The third-order valence-electron chi connectivity index (χ3n) is 5.01. The van der Waals surface area contributed by atoms with Crippen LogP contribution in [0.2, 0.25) is 0 Å². The van der Waals surface area contributed by atoms with Gasteiger partial charge >= 0.3 is 0 Å². The Labute approximate surface area is 101 Å². The van der Waals surface area contributed by atoms with E-state index in [0.717, 1.165) is 29.7 Å². The lowest BCUT2D eigenvalue weighted by Crippen LogP contribution is -2.42. The van der Waals surface area contributed by atoms with Gasteiger partial charge in [0.05, 0.1) is 0 Å². The minimum atomic E-state index is 0.816. The van der Waals surface area contributed by atoms with E-state index in [1.54, 1.807) is 0 Å². The van der Waals surface area contributed by atoms with Crippen molar-refractivity contribution in [3.8, 4) is 0 Å². The highest BCUT2D eigenvalue weighted by atomic mass is 14.9. The molecule has 1 N–H and O–H groups in total. The maximum Gasteiger partial charge on any atom is 0.00949 e. The first-order chi connectivity index (χ1) is 7.70. The Hall–Kier alpha value is -0.0400. The molecule has 0 aliphatic heterocycles. The van der Waals surface area contributed by atoms with Gasteiger partial charge in [0, 0.05) is 6.04 Å². The zero-order valence-electron chi connectivity index (χ0n) is 11.3. The summed E-state index contributed by atoms with van der Waals surface area (Å²) in [4.78, 5) is 0. The molecule has 4 atom stereocenters. The van der Waals surface area contributed by atoms with Gasteiger partial charge in [0.25, 0.3) is 0 Å². The van der Waals surface area contributed by atoms with E-state index in [4.69, 9.17) is 0 Å². The fraction of sp³-hybridized carbons (Fsp3) is 1.00. The summed E-state index contributed by atoms with van der Waals surface area (Å²) in [7, 11) is 2.17. The number of hydrogen-bond acceptors (Lipinski definition) is 1. The van der Waals surface area contributed by atoms with E-state index in [1.165, 1.54) is 44.9 Å². The SMILES string of the molecule is CNC1CCCCC1C1CC(C)CC(C)C1. The molecule has 0 aromatic heterocycles. The Bertz CT molecular complexity index is 203. The van der Waals surface area contributed by atoms with Gasteiger partial charge in [0.2, 0.25) is 0 Å². The van der Waals surface area contributed by atoms with Gasteiger partial charge in [-0.25, -0.2) is 0 Å². The van der Waals surface area contributed by atoms with Crippen LogP contribution in [0.25, 0.3) is 0 Å². The second-order valence-corrected chi connectivity index (χ2v) is 6.52. The molecule has 0 spiro atoms. The molecule has 1 heteroatoms. The van der Waals surface area contributed by atoms with E-state index in [2.05, 4.69) is 26.2 Å². The van der Waals surface area contributed by atoms with Gasteiger partial charge in [-0.1, -0.05) is 26.7 Å². The predicted molar refractivity (Wildman–Crippen MR) is 70.5 cm³/mol. The number of rotatable bonds is 2. The predicted octanol–water partition coefficient (Wildman–Crippen LogP) is 3.84. The van der Waals surface area contributed by atoms with Crippen molar-refractivity contribution in [1.82, 2.24) is 5.32 Å². The second kappa shape index (κ2) is 5.53. The largest absolute Gasteiger partial charge is 0.317 e. The quantitative estimate of drug-likeness (QED) is 0.750. The molecule has 2 fully saturated rings. The Morgan fingerprint density at radius 1 is 0.875 bits per heavy atom. The van der Waals surface area contributed by atoms with Crippen LogP contribution in [0.3, 0.4) is 0 Å². The highest BCUT2D eigenvalue weighted by molar-refractivity contribution is 4.88. The van der Waals surface area contributed by atoms with Gasteiger partial charge in [-0.3, -0.25) is 0 Å². The van der Waals surface area contributed by atoms with Crippen molar-refractivity contribution in [3.05, 3.63) is 0 Å². The van der Waals surface area contributed by atoms with Crippen molar-refractivity contribution in [2.24, 2.45) is 23.7 Å². The fourth-order valence-corrected chi connectivity index (χ4v) is 4.44. The maximum absolute atomic E-state index is 3.58. The van der Waals surface area contributed by atoms with Gasteiger partial charge in [0.15, 0.2) is 0 Å².